The molecular formula is C11H12N2O2. The number of carbonyl (C=O) groups excluding carboxylic acids is 1. The molecule has 0 aliphatic rings. The number of benzene rings is 1. The van der Waals surface area contributed by atoms with Crippen molar-refractivity contribution < 1.29 is 9.21 Å². The number of aromatic nitrogens is 1. The topological polar surface area (TPSA) is 69.1 Å². The van der Waals surface area contributed by atoms with Crippen LogP contribution in [0.3, 0.4) is 0 Å². The van der Waals surface area contributed by atoms with E-state index in [9.17, 15) is 4.79 Å². The first-order chi connectivity index (χ1) is 7.16. The van der Waals surface area contributed by atoms with Gasteiger partial charge in [0.1, 0.15) is 11.3 Å². The Hall–Kier alpha value is -1.84. The number of ketones is 1. The van der Waals surface area contributed by atoms with Gasteiger partial charge in [0.2, 0.25) is 0 Å². The van der Waals surface area contributed by atoms with Crippen molar-refractivity contribution in [2.45, 2.75) is 19.8 Å². The molecule has 0 aliphatic carbocycles. The summed E-state index contributed by atoms with van der Waals surface area (Å²) >= 11 is 0. The van der Waals surface area contributed by atoms with Crippen LogP contribution in [0.4, 0.5) is 5.69 Å². The Labute approximate surface area is 87.1 Å². The first kappa shape index (κ1) is 9.71. The lowest BCUT2D eigenvalue weighted by atomic mass is 10.2. The normalized spacial score (nSPS) is 10.7. The smallest absolute Gasteiger partial charge is 0.196 e. The number of nitrogen functional groups attached to an aromatic ring is 1. The van der Waals surface area contributed by atoms with Crippen molar-refractivity contribution in [2.24, 2.45) is 0 Å². The van der Waals surface area contributed by atoms with E-state index in [-0.39, 0.29) is 5.78 Å². The number of hydrogen-bond acceptors (Lipinski definition) is 4. The fourth-order valence-corrected chi connectivity index (χ4v) is 1.41. The van der Waals surface area contributed by atoms with Crippen molar-refractivity contribution in [1.82, 2.24) is 4.98 Å². The predicted molar refractivity (Wildman–Crippen MR) is 57.4 cm³/mol. The monoisotopic (exact) mass is 204 g/mol. The number of carbonyl (C=O) groups is 1. The van der Waals surface area contributed by atoms with E-state index in [0.29, 0.717) is 30.0 Å². The van der Waals surface area contributed by atoms with Gasteiger partial charge in [0.05, 0.1) is 5.69 Å². The van der Waals surface area contributed by atoms with E-state index in [1.807, 2.05) is 12.1 Å². The zero-order valence-electron chi connectivity index (χ0n) is 8.49. The van der Waals surface area contributed by atoms with Crippen LogP contribution in [0.1, 0.15) is 19.2 Å². The highest BCUT2D eigenvalue weighted by Gasteiger charge is 2.08. The van der Waals surface area contributed by atoms with Gasteiger partial charge < -0.3 is 14.9 Å². The Morgan fingerprint density at radius 1 is 1.53 bits per heavy atom. The zero-order chi connectivity index (χ0) is 10.8. The maximum Gasteiger partial charge on any atom is 0.196 e. The molecule has 78 valence electrons. The minimum Gasteiger partial charge on any atom is -0.439 e. The summed E-state index contributed by atoms with van der Waals surface area (Å²) < 4.78 is 5.46. The number of anilines is 1. The first-order valence-corrected chi connectivity index (χ1v) is 4.80. The van der Waals surface area contributed by atoms with Gasteiger partial charge in [-0.15, -0.1) is 0 Å². The molecule has 0 saturated carbocycles. The number of nitrogens with zero attached hydrogens (tertiary/aromatic N) is 1. The third-order valence-electron chi connectivity index (χ3n) is 2.18. The quantitative estimate of drug-likeness (QED) is 0.775. The lowest BCUT2D eigenvalue weighted by molar-refractivity contribution is -0.117. The van der Waals surface area contributed by atoms with E-state index in [4.69, 9.17) is 10.2 Å². The predicted octanol–water partition coefficient (Wildman–Crippen LogP) is 1.93. The van der Waals surface area contributed by atoms with E-state index < -0.39 is 0 Å². The molecule has 0 saturated heterocycles. The number of Topliss-reactive ketones (excluding diaryl/α,β-unsaturated/α-hetero) is 1. The molecule has 0 bridgehead atoms. The largest absolute Gasteiger partial charge is 0.439 e. The Bertz CT molecular complexity index is 502. The maximum atomic E-state index is 10.8. The molecule has 4 heteroatoms. The number of aryl methyl sites for hydroxylation is 1. The highest BCUT2D eigenvalue weighted by Crippen LogP contribution is 2.22. The van der Waals surface area contributed by atoms with Crippen LogP contribution in [-0.4, -0.2) is 10.8 Å². The number of nitrogens with two attached hydrogens (primary N) is 1. The molecule has 1 aromatic heterocycles. The van der Waals surface area contributed by atoms with Crippen LogP contribution in [0, 0.1) is 0 Å². The molecule has 0 aliphatic heterocycles. The molecule has 1 aromatic carbocycles. The molecule has 2 N–H and O–H groups in total. The molecular weight excluding hydrogens is 192 g/mol. The molecule has 1 heterocycles. The van der Waals surface area contributed by atoms with Crippen LogP contribution in [0.15, 0.2) is 22.6 Å². The molecule has 0 radical (unpaired) electrons. The molecule has 0 atom stereocenters. The van der Waals surface area contributed by atoms with Crippen molar-refractivity contribution in [3.63, 3.8) is 0 Å². The van der Waals surface area contributed by atoms with Crippen molar-refractivity contribution in [2.75, 3.05) is 5.73 Å². The molecule has 15 heavy (non-hydrogen) atoms. The molecule has 4 nitrogen and oxygen atoms in total. The van der Waals surface area contributed by atoms with E-state index in [1.165, 1.54) is 0 Å². The van der Waals surface area contributed by atoms with E-state index >= 15 is 0 Å². The number of para-hydroxylation sites is 1. The minimum absolute atomic E-state index is 0.130. The number of oxazole rings is 1. The van der Waals surface area contributed by atoms with Gasteiger partial charge in [0, 0.05) is 12.8 Å². The van der Waals surface area contributed by atoms with Gasteiger partial charge in [0.25, 0.3) is 0 Å². The van der Waals surface area contributed by atoms with Crippen LogP contribution >= 0.6 is 0 Å². The summed E-state index contributed by atoms with van der Waals surface area (Å²) in [4.78, 5) is 15.1. The van der Waals surface area contributed by atoms with Gasteiger partial charge in [-0.3, -0.25) is 0 Å². The fraction of sp³-hybridized carbons (Fsp3) is 0.273. The van der Waals surface area contributed by atoms with Crippen molar-refractivity contribution >= 4 is 22.6 Å². The number of fused-ring (bicyclic) bond motifs is 1. The molecule has 0 spiro atoms. The van der Waals surface area contributed by atoms with Gasteiger partial charge in [-0.1, -0.05) is 6.07 Å². The van der Waals surface area contributed by atoms with Crippen molar-refractivity contribution in [1.29, 1.82) is 0 Å². The van der Waals surface area contributed by atoms with Crippen LogP contribution in [0.25, 0.3) is 11.1 Å². The summed E-state index contributed by atoms with van der Waals surface area (Å²) in [5.41, 5.74) is 7.65. The van der Waals surface area contributed by atoms with Gasteiger partial charge in [0.15, 0.2) is 11.5 Å². The SMILES string of the molecule is CC(=O)CCc1nc2cccc(N)c2o1. The van der Waals surface area contributed by atoms with Crippen molar-refractivity contribution in [3.8, 4) is 0 Å². The van der Waals surface area contributed by atoms with Crippen LogP contribution in [0.2, 0.25) is 0 Å². The van der Waals surface area contributed by atoms with E-state index in [0.717, 1.165) is 5.52 Å². The lowest BCUT2D eigenvalue weighted by Gasteiger charge is -1.91. The Morgan fingerprint density at radius 3 is 3.00 bits per heavy atom. The molecule has 2 aromatic rings. The molecule has 2 rings (SSSR count). The van der Waals surface area contributed by atoms with Crippen LogP contribution in [-0.2, 0) is 11.2 Å². The second-order valence-corrected chi connectivity index (χ2v) is 3.51. The summed E-state index contributed by atoms with van der Waals surface area (Å²) in [5.74, 6) is 0.698. The highest BCUT2D eigenvalue weighted by molar-refractivity contribution is 5.84. The average Bonchev–Trinajstić information content (AvgIpc) is 2.59. The summed E-state index contributed by atoms with van der Waals surface area (Å²) in [6.07, 6.45) is 0.982. The lowest BCUT2D eigenvalue weighted by Crippen LogP contribution is -1.93. The van der Waals surface area contributed by atoms with Gasteiger partial charge in [-0.2, -0.15) is 0 Å². The number of hydrogen-bond donors (Lipinski definition) is 1. The average molecular weight is 204 g/mol. The van der Waals surface area contributed by atoms with Crippen LogP contribution in [0.5, 0.6) is 0 Å². The van der Waals surface area contributed by atoms with E-state index in [2.05, 4.69) is 4.98 Å². The van der Waals surface area contributed by atoms with Gasteiger partial charge in [-0.25, -0.2) is 4.98 Å². The van der Waals surface area contributed by atoms with E-state index in [1.54, 1.807) is 13.0 Å². The molecule has 0 unspecified atom stereocenters. The van der Waals surface area contributed by atoms with Crippen LogP contribution < -0.4 is 5.73 Å². The molecule has 0 amide bonds. The third kappa shape index (κ3) is 1.98. The second kappa shape index (κ2) is 3.73. The fourth-order valence-electron chi connectivity index (χ4n) is 1.41. The third-order valence-corrected chi connectivity index (χ3v) is 2.18. The summed E-state index contributed by atoms with van der Waals surface area (Å²) in [7, 11) is 0. The Morgan fingerprint density at radius 2 is 2.33 bits per heavy atom. The van der Waals surface area contributed by atoms with Gasteiger partial charge >= 0.3 is 0 Å². The maximum absolute atomic E-state index is 10.8. The van der Waals surface area contributed by atoms with Gasteiger partial charge in [-0.05, 0) is 19.1 Å². The summed E-state index contributed by atoms with van der Waals surface area (Å²) in [6, 6.07) is 5.43. The molecule has 0 fully saturated rings. The number of rotatable bonds is 3. The Balaban J connectivity index is 2.31. The zero-order valence-corrected chi connectivity index (χ0v) is 8.49. The minimum atomic E-state index is 0.130. The summed E-state index contributed by atoms with van der Waals surface area (Å²) in [5, 5.41) is 0. The summed E-state index contributed by atoms with van der Waals surface area (Å²) in [6.45, 7) is 1.55. The standard InChI is InChI=1S/C11H12N2O2/c1-7(14)5-6-10-13-9-4-2-3-8(12)11(9)15-10/h2-4H,5-6,12H2,1H3. The second-order valence-electron chi connectivity index (χ2n) is 3.51. The Kier molecular flexibility index (Phi) is 2.41. The first-order valence-electron chi connectivity index (χ1n) is 4.80. The highest BCUT2D eigenvalue weighted by atomic mass is 16.3. The van der Waals surface area contributed by atoms with Crippen molar-refractivity contribution in [3.05, 3.63) is 24.1 Å².